The normalized spacial score (nSPS) is 18.1. The highest BCUT2D eigenvalue weighted by Gasteiger charge is 2.26. The standard InChI is InChI=1S/C20H32N4O2/c1-3-11-22-18(25)14-24-12-9-17(10-13-24)23-20(26)15(2)19(21)16-7-5-4-6-8-16/h4-8,15,17,19H,3,9-14,21H2,1-2H3,(H,22,25)(H,23,26). The van der Waals surface area contributed by atoms with E-state index in [0.29, 0.717) is 6.54 Å². The molecule has 1 aromatic carbocycles. The van der Waals surface area contributed by atoms with E-state index in [0.717, 1.165) is 44.5 Å². The summed E-state index contributed by atoms with van der Waals surface area (Å²) >= 11 is 0. The van der Waals surface area contributed by atoms with E-state index >= 15 is 0 Å². The molecule has 0 aromatic heterocycles. The molecule has 4 N–H and O–H groups in total. The van der Waals surface area contributed by atoms with Gasteiger partial charge in [-0.3, -0.25) is 14.5 Å². The Hall–Kier alpha value is -1.92. The molecule has 2 unspecified atom stereocenters. The van der Waals surface area contributed by atoms with E-state index in [1.54, 1.807) is 0 Å². The number of hydrogen-bond acceptors (Lipinski definition) is 4. The molecule has 144 valence electrons. The lowest BCUT2D eigenvalue weighted by atomic mass is 9.94. The summed E-state index contributed by atoms with van der Waals surface area (Å²) in [4.78, 5) is 26.5. The molecule has 6 heteroatoms. The van der Waals surface area contributed by atoms with E-state index in [4.69, 9.17) is 5.73 Å². The molecule has 0 aliphatic carbocycles. The van der Waals surface area contributed by atoms with E-state index in [2.05, 4.69) is 15.5 Å². The van der Waals surface area contributed by atoms with E-state index < -0.39 is 0 Å². The first-order valence-corrected chi connectivity index (χ1v) is 9.61. The van der Waals surface area contributed by atoms with Crippen molar-refractivity contribution in [3.8, 4) is 0 Å². The maximum Gasteiger partial charge on any atom is 0.234 e. The maximum atomic E-state index is 12.5. The Kier molecular flexibility index (Phi) is 8.06. The third-order valence-electron chi connectivity index (χ3n) is 5.01. The highest BCUT2D eigenvalue weighted by molar-refractivity contribution is 5.79. The second-order valence-corrected chi connectivity index (χ2v) is 7.13. The average Bonchev–Trinajstić information content (AvgIpc) is 2.67. The average molecular weight is 361 g/mol. The number of amides is 2. The molecule has 2 rings (SSSR count). The molecule has 1 saturated heterocycles. The zero-order valence-corrected chi connectivity index (χ0v) is 15.9. The topological polar surface area (TPSA) is 87.5 Å². The second kappa shape index (κ2) is 10.3. The van der Waals surface area contributed by atoms with Crippen LogP contribution in [0.5, 0.6) is 0 Å². The Morgan fingerprint density at radius 3 is 2.50 bits per heavy atom. The Morgan fingerprint density at radius 1 is 1.23 bits per heavy atom. The minimum absolute atomic E-state index is 0.000455. The smallest absolute Gasteiger partial charge is 0.234 e. The molecule has 1 aliphatic rings. The molecule has 0 radical (unpaired) electrons. The molecule has 26 heavy (non-hydrogen) atoms. The van der Waals surface area contributed by atoms with Crippen molar-refractivity contribution in [1.82, 2.24) is 15.5 Å². The third-order valence-corrected chi connectivity index (χ3v) is 5.01. The number of benzene rings is 1. The number of nitrogens with two attached hydrogens (primary N) is 1. The maximum absolute atomic E-state index is 12.5. The fraction of sp³-hybridized carbons (Fsp3) is 0.600. The molecule has 2 amide bonds. The molecule has 1 aromatic rings. The molecule has 0 spiro atoms. The van der Waals surface area contributed by atoms with E-state index in [1.165, 1.54) is 0 Å². The molecule has 0 saturated carbocycles. The van der Waals surface area contributed by atoms with Crippen LogP contribution < -0.4 is 16.4 Å². The second-order valence-electron chi connectivity index (χ2n) is 7.13. The van der Waals surface area contributed by atoms with Crippen molar-refractivity contribution >= 4 is 11.8 Å². The molecular weight excluding hydrogens is 328 g/mol. The van der Waals surface area contributed by atoms with Crippen LogP contribution in [-0.2, 0) is 9.59 Å². The highest BCUT2D eigenvalue weighted by atomic mass is 16.2. The molecule has 0 bridgehead atoms. The van der Waals surface area contributed by atoms with Gasteiger partial charge in [0.15, 0.2) is 0 Å². The summed E-state index contributed by atoms with van der Waals surface area (Å²) < 4.78 is 0. The fourth-order valence-electron chi connectivity index (χ4n) is 3.22. The number of hydrogen-bond donors (Lipinski definition) is 3. The minimum Gasteiger partial charge on any atom is -0.355 e. The summed E-state index contributed by atoms with van der Waals surface area (Å²) in [6, 6.07) is 9.57. The van der Waals surface area contributed by atoms with Crippen LogP contribution in [0.2, 0.25) is 0 Å². The first kappa shape index (κ1) is 20.4. The summed E-state index contributed by atoms with van der Waals surface area (Å²) in [6.45, 7) is 6.73. The zero-order valence-electron chi connectivity index (χ0n) is 15.9. The van der Waals surface area contributed by atoms with Gasteiger partial charge in [0, 0.05) is 31.7 Å². The fourth-order valence-corrected chi connectivity index (χ4v) is 3.22. The van der Waals surface area contributed by atoms with Crippen LogP contribution in [0.4, 0.5) is 0 Å². The van der Waals surface area contributed by atoms with Crippen molar-refractivity contribution < 1.29 is 9.59 Å². The SMILES string of the molecule is CCCNC(=O)CN1CCC(NC(=O)C(C)C(N)c2ccccc2)CC1. The van der Waals surface area contributed by atoms with Crippen molar-refractivity contribution in [3.05, 3.63) is 35.9 Å². The summed E-state index contributed by atoms with van der Waals surface area (Å²) in [5.74, 6) is -0.201. The van der Waals surface area contributed by atoms with Crippen LogP contribution in [0.3, 0.4) is 0 Å². The number of carbonyl (C=O) groups excluding carboxylic acids is 2. The van der Waals surface area contributed by atoms with Crippen LogP contribution in [0.25, 0.3) is 0 Å². The van der Waals surface area contributed by atoms with Crippen molar-refractivity contribution in [2.45, 2.75) is 45.2 Å². The van der Waals surface area contributed by atoms with Gasteiger partial charge in [0.25, 0.3) is 0 Å². The first-order chi connectivity index (χ1) is 12.5. The van der Waals surface area contributed by atoms with Gasteiger partial charge in [0.2, 0.25) is 11.8 Å². The molecule has 2 atom stereocenters. The quantitative estimate of drug-likeness (QED) is 0.654. The Labute approximate surface area is 156 Å². The molecule has 1 heterocycles. The van der Waals surface area contributed by atoms with Gasteiger partial charge in [-0.2, -0.15) is 0 Å². The molecular formula is C20H32N4O2. The molecule has 1 fully saturated rings. The van der Waals surface area contributed by atoms with Gasteiger partial charge in [-0.25, -0.2) is 0 Å². The van der Waals surface area contributed by atoms with Crippen LogP contribution >= 0.6 is 0 Å². The Balaban J connectivity index is 1.74. The number of likely N-dealkylation sites (tertiary alicyclic amines) is 1. The third kappa shape index (κ3) is 6.11. The number of rotatable bonds is 8. The lowest BCUT2D eigenvalue weighted by molar-refractivity contribution is -0.127. The van der Waals surface area contributed by atoms with Crippen LogP contribution in [0.1, 0.15) is 44.7 Å². The number of piperidine rings is 1. The Morgan fingerprint density at radius 2 is 1.88 bits per heavy atom. The molecule has 1 aliphatic heterocycles. The highest BCUT2D eigenvalue weighted by Crippen LogP contribution is 2.20. The zero-order chi connectivity index (χ0) is 18.9. The van der Waals surface area contributed by atoms with E-state index in [9.17, 15) is 9.59 Å². The van der Waals surface area contributed by atoms with Crippen molar-refractivity contribution in [3.63, 3.8) is 0 Å². The predicted octanol–water partition coefficient (Wildman–Crippen LogP) is 1.43. The number of carbonyl (C=O) groups is 2. The lowest BCUT2D eigenvalue weighted by Crippen LogP contribution is -2.49. The number of nitrogens with zero attached hydrogens (tertiary/aromatic N) is 1. The van der Waals surface area contributed by atoms with E-state index in [1.807, 2.05) is 44.2 Å². The Bertz CT molecular complexity index is 570. The monoisotopic (exact) mass is 360 g/mol. The van der Waals surface area contributed by atoms with Gasteiger partial charge in [-0.15, -0.1) is 0 Å². The van der Waals surface area contributed by atoms with Crippen LogP contribution in [-0.4, -0.2) is 48.9 Å². The molecule has 6 nitrogen and oxygen atoms in total. The van der Waals surface area contributed by atoms with Crippen LogP contribution in [0.15, 0.2) is 30.3 Å². The van der Waals surface area contributed by atoms with Crippen molar-refractivity contribution in [2.24, 2.45) is 11.7 Å². The van der Waals surface area contributed by atoms with Gasteiger partial charge in [0.1, 0.15) is 0 Å². The van der Waals surface area contributed by atoms with Gasteiger partial charge in [0.05, 0.1) is 12.5 Å². The first-order valence-electron chi connectivity index (χ1n) is 9.61. The van der Waals surface area contributed by atoms with Crippen molar-refractivity contribution in [1.29, 1.82) is 0 Å². The van der Waals surface area contributed by atoms with Crippen LogP contribution in [0, 0.1) is 5.92 Å². The van der Waals surface area contributed by atoms with E-state index in [-0.39, 0.29) is 29.8 Å². The number of nitrogens with one attached hydrogen (secondary N) is 2. The van der Waals surface area contributed by atoms with Gasteiger partial charge < -0.3 is 16.4 Å². The van der Waals surface area contributed by atoms with Gasteiger partial charge >= 0.3 is 0 Å². The summed E-state index contributed by atoms with van der Waals surface area (Å²) in [6.07, 6.45) is 2.67. The lowest BCUT2D eigenvalue weighted by Gasteiger charge is -2.33. The summed E-state index contributed by atoms with van der Waals surface area (Å²) in [5, 5.41) is 6.03. The summed E-state index contributed by atoms with van der Waals surface area (Å²) in [7, 11) is 0. The van der Waals surface area contributed by atoms with Crippen molar-refractivity contribution in [2.75, 3.05) is 26.2 Å². The summed E-state index contributed by atoms with van der Waals surface area (Å²) in [5.41, 5.74) is 7.22. The minimum atomic E-state index is -0.307. The van der Waals surface area contributed by atoms with Gasteiger partial charge in [-0.05, 0) is 24.8 Å². The largest absolute Gasteiger partial charge is 0.355 e. The predicted molar refractivity (Wildman–Crippen MR) is 103 cm³/mol. The van der Waals surface area contributed by atoms with Gasteiger partial charge in [-0.1, -0.05) is 44.2 Å².